The predicted molar refractivity (Wildman–Crippen MR) is 70.9 cm³/mol. The average Bonchev–Trinajstić information content (AvgIpc) is 2.30. The monoisotopic (exact) mass is 254 g/mol. The fourth-order valence-electron chi connectivity index (χ4n) is 2.79. The van der Waals surface area contributed by atoms with Gasteiger partial charge in [0.05, 0.1) is 0 Å². The highest BCUT2D eigenvalue weighted by Crippen LogP contribution is 2.29. The summed E-state index contributed by atoms with van der Waals surface area (Å²) in [7, 11) is 0. The van der Waals surface area contributed by atoms with Crippen molar-refractivity contribution in [2.45, 2.75) is 50.3 Å². The molecule has 0 heterocycles. The standard InChI is InChI=1S/C15H20ClF/c16-14(9-12-5-2-1-3-6-12)10-13-7-4-8-15(17)11-13/h4,7-8,11-12,14H,1-3,5-6,9-10H2. The van der Waals surface area contributed by atoms with Crippen molar-refractivity contribution in [3.63, 3.8) is 0 Å². The van der Waals surface area contributed by atoms with Crippen LogP contribution in [0.4, 0.5) is 4.39 Å². The third-order valence-corrected chi connectivity index (χ3v) is 3.99. The molecule has 0 aliphatic heterocycles. The largest absolute Gasteiger partial charge is 0.207 e. The molecule has 0 spiro atoms. The minimum atomic E-state index is -0.163. The highest BCUT2D eigenvalue weighted by Gasteiger charge is 2.17. The van der Waals surface area contributed by atoms with Gasteiger partial charge in [0.15, 0.2) is 0 Å². The van der Waals surface area contributed by atoms with Gasteiger partial charge in [0, 0.05) is 5.38 Å². The smallest absolute Gasteiger partial charge is 0.123 e. The molecule has 2 heteroatoms. The molecular formula is C15H20ClF. The minimum Gasteiger partial charge on any atom is -0.207 e. The Morgan fingerprint density at radius 1 is 1.24 bits per heavy atom. The van der Waals surface area contributed by atoms with E-state index < -0.39 is 0 Å². The van der Waals surface area contributed by atoms with Crippen LogP contribution in [0.15, 0.2) is 24.3 Å². The summed E-state index contributed by atoms with van der Waals surface area (Å²) in [4.78, 5) is 0. The van der Waals surface area contributed by atoms with E-state index in [4.69, 9.17) is 11.6 Å². The van der Waals surface area contributed by atoms with Gasteiger partial charge in [-0.2, -0.15) is 0 Å². The first-order valence-corrected chi connectivity index (χ1v) is 7.06. The van der Waals surface area contributed by atoms with Crippen molar-refractivity contribution in [3.8, 4) is 0 Å². The molecule has 0 N–H and O–H groups in total. The van der Waals surface area contributed by atoms with Crippen LogP contribution in [-0.2, 0) is 6.42 Å². The highest BCUT2D eigenvalue weighted by molar-refractivity contribution is 6.20. The SMILES string of the molecule is Fc1cccc(CC(Cl)CC2CCCCC2)c1. The van der Waals surface area contributed by atoms with Gasteiger partial charge in [-0.05, 0) is 36.5 Å². The Morgan fingerprint density at radius 3 is 2.71 bits per heavy atom. The lowest BCUT2D eigenvalue weighted by atomic mass is 9.85. The molecule has 1 fully saturated rings. The van der Waals surface area contributed by atoms with E-state index in [1.807, 2.05) is 6.07 Å². The number of hydrogen-bond donors (Lipinski definition) is 0. The van der Waals surface area contributed by atoms with E-state index in [1.54, 1.807) is 12.1 Å². The van der Waals surface area contributed by atoms with Crippen molar-refractivity contribution in [2.24, 2.45) is 5.92 Å². The van der Waals surface area contributed by atoms with E-state index in [0.29, 0.717) is 0 Å². The molecule has 0 aromatic heterocycles. The normalized spacial score (nSPS) is 19.2. The second-order valence-electron chi connectivity index (χ2n) is 5.17. The Labute approximate surface area is 108 Å². The third-order valence-electron chi connectivity index (χ3n) is 3.66. The van der Waals surface area contributed by atoms with Crippen LogP contribution in [-0.4, -0.2) is 5.38 Å². The summed E-state index contributed by atoms with van der Waals surface area (Å²) in [5.74, 6) is 0.629. The van der Waals surface area contributed by atoms with Crippen LogP contribution in [0.3, 0.4) is 0 Å². The maximum absolute atomic E-state index is 13.0. The van der Waals surface area contributed by atoms with Crippen molar-refractivity contribution >= 4 is 11.6 Å². The predicted octanol–water partition coefficient (Wildman–Crippen LogP) is 4.95. The van der Waals surface area contributed by atoms with Gasteiger partial charge in [0.25, 0.3) is 0 Å². The zero-order chi connectivity index (χ0) is 12.1. The Hall–Kier alpha value is -0.560. The maximum Gasteiger partial charge on any atom is 0.123 e. The van der Waals surface area contributed by atoms with E-state index in [2.05, 4.69) is 0 Å². The third kappa shape index (κ3) is 4.31. The van der Waals surface area contributed by atoms with Gasteiger partial charge < -0.3 is 0 Å². The Kier molecular flexibility index (Phi) is 4.85. The Morgan fingerprint density at radius 2 is 2.00 bits per heavy atom. The summed E-state index contributed by atoms with van der Waals surface area (Å²) >= 11 is 6.38. The summed E-state index contributed by atoms with van der Waals surface area (Å²) in [6.45, 7) is 0. The molecule has 1 aliphatic carbocycles. The topological polar surface area (TPSA) is 0 Å². The summed E-state index contributed by atoms with van der Waals surface area (Å²) in [5, 5.41) is 0.153. The van der Waals surface area contributed by atoms with E-state index in [9.17, 15) is 4.39 Å². The second-order valence-corrected chi connectivity index (χ2v) is 5.79. The summed E-state index contributed by atoms with van der Waals surface area (Å²) < 4.78 is 13.0. The lowest BCUT2D eigenvalue weighted by molar-refractivity contribution is 0.334. The lowest BCUT2D eigenvalue weighted by Crippen LogP contribution is -2.14. The number of hydrogen-bond acceptors (Lipinski definition) is 0. The first-order valence-electron chi connectivity index (χ1n) is 6.62. The fourth-order valence-corrected chi connectivity index (χ4v) is 3.22. The molecule has 0 nitrogen and oxygen atoms in total. The molecule has 0 bridgehead atoms. The number of halogens is 2. The van der Waals surface area contributed by atoms with Gasteiger partial charge in [-0.1, -0.05) is 44.2 Å². The minimum absolute atomic E-state index is 0.153. The quantitative estimate of drug-likeness (QED) is 0.667. The lowest BCUT2D eigenvalue weighted by Gasteiger charge is -2.23. The molecule has 0 radical (unpaired) electrons. The van der Waals surface area contributed by atoms with Crippen molar-refractivity contribution < 1.29 is 4.39 Å². The fraction of sp³-hybridized carbons (Fsp3) is 0.600. The number of alkyl halides is 1. The molecule has 1 aromatic rings. The van der Waals surface area contributed by atoms with Crippen LogP contribution in [0.1, 0.15) is 44.1 Å². The van der Waals surface area contributed by atoms with E-state index in [-0.39, 0.29) is 11.2 Å². The molecule has 1 saturated carbocycles. The van der Waals surface area contributed by atoms with Crippen LogP contribution in [0, 0.1) is 11.7 Å². The van der Waals surface area contributed by atoms with Crippen molar-refractivity contribution in [1.29, 1.82) is 0 Å². The zero-order valence-electron chi connectivity index (χ0n) is 10.2. The van der Waals surface area contributed by atoms with Crippen molar-refractivity contribution in [3.05, 3.63) is 35.6 Å². The van der Waals surface area contributed by atoms with Crippen molar-refractivity contribution in [2.75, 3.05) is 0 Å². The first-order chi connectivity index (χ1) is 8.24. The average molecular weight is 255 g/mol. The number of rotatable bonds is 4. The van der Waals surface area contributed by atoms with Gasteiger partial charge >= 0.3 is 0 Å². The number of benzene rings is 1. The first kappa shape index (κ1) is 12.9. The Balaban J connectivity index is 1.82. The molecule has 1 atom stereocenters. The van der Waals surface area contributed by atoms with E-state index in [0.717, 1.165) is 24.3 Å². The Bertz CT molecular complexity index is 345. The van der Waals surface area contributed by atoms with Gasteiger partial charge in [0.1, 0.15) is 5.82 Å². The molecular weight excluding hydrogens is 235 g/mol. The molecule has 1 aromatic carbocycles. The van der Waals surface area contributed by atoms with Crippen LogP contribution in [0.2, 0.25) is 0 Å². The summed E-state index contributed by atoms with van der Waals surface area (Å²) in [5.41, 5.74) is 1.01. The van der Waals surface area contributed by atoms with Gasteiger partial charge in [0.2, 0.25) is 0 Å². The molecule has 0 saturated heterocycles. The summed E-state index contributed by atoms with van der Waals surface area (Å²) in [6.07, 6.45) is 8.61. The molecule has 1 aliphatic rings. The van der Waals surface area contributed by atoms with E-state index >= 15 is 0 Å². The molecule has 2 rings (SSSR count). The van der Waals surface area contributed by atoms with Gasteiger partial charge in [-0.25, -0.2) is 4.39 Å². The highest BCUT2D eigenvalue weighted by atomic mass is 35.5. The van der Waals surface area contributed by atoms with Gasteiger partial charge in [-0.15, -0.1) is 11.6 Å². The summed E-state index contributed by atoms with van der Waals surface area (Å²) in [6, 6.07) is 6.79. The maximum atomic E-state index is 13.0. The van der Waals surface area contributed by atoms with Crippen LogP contribution >= 0.6 is 11.6 Å². The van der Waals surface area contributed by atoms with Gasteiger partial charge in [-0.3, -0.25) is 0 Å². The molecule has 94 valence electrons. The van der Waals surface area contributed by atoms with Crippen LogP contribution < -0.4 is 0 Å². The molecule has 0 amide bonds. The van der Waals surface area contributed by atoms with Crippen LogP contribution in [0.5, 0.6) is 0 Å². The molecule has 1 unspecified atom stereocenters. The zero-order valence-corrected chi connectivity index (χ0v) is 10.9. The second kappa shape index (κ2) is 6.39. The molecule has 17 heavy (non-hydrogen) atoms. The van der Waals surface area contributed by atoms with Crippen molar-refractivity contribution in [1.82, 2.24) is 0 Å². The van der Waals surface area contributed by atoms with Crippen LogP contribution in [0.25, 0.3) is 0 Å². The van der Waals surface area contributed by atoms with E-state index in [1.165, 1.54) is 38.2 Å².